The lowest BCUT2D eigenvalue weighted by atomic mass is 9.86. The Bertz CT molecular complexity index is 1250. The first-order valence-corrected chi connectivity index (χ1v) is 13.0. The van der Waals surface area contributed by atoms with Gasteiger partial charge >= 0.3 is 0 Å². The highest BCUT2D eigenvalue weighted by atomic mass is 35.5. The lowest BCUT2D eigenvalue weighted by Crippen LogP contribution is -2.41. The van der Waals surface area contributed by atoms with Crippen molar-refractivity contribution in [2.24, 2.45) is 0 Å². The van der Waals surface area contributed by atoms with E-state index in [1.54, 1.807) is 18.2 Å². The molecule has 0 aliphatic rings. The number of hydrogen-bond acceptors (Lipinski definition) is 3. The summed E-state index contributed by atoms with van der Waals surface area (Å²) < 4.78 is 27.9. The summed E-state index contributed by atoms with van der Waals surface area (Å²) >= 11 is 12.0. The summed E-state index contributed by atoms with van der Waals surface area (Å²) in [6.07, 6.45) is 0. The van der Waals surface area contributed by atoms with E-state index in [2.05, 4.69) is 26.1 Å². The van der Waals surface area contributed by atoms with Crippen molar-refractivity contribution in [3.8, 4) is 0 Å². The first-order chi connectivity index (χ1) is 15.9. The van der Waals surface area contributed by atoms with E-state index in [4.69, 9.17) is 23.2 Å². The molecule has 0 saturated carbocycles. The second-order valence-corrected chi connectivity index (χ2v) is 11.8. The molecule has 0 bridgehead atoms. The quantitative estimate of drug-likeness (QED) is 0.395. The zero-order chi connectivity index (χ0) is 25.1. The predicted molar refractivity (Wildman–Crippen MR) is 139 cm³/mol. The van der Waals surface area contributed by atoms with Gasteiger partial charge in [-0.05, 0) is 65.9 Å². The maximum absolute atomic E-state index is 13.4. The van der Waals surface area contributed by atoms with Gasteiger partial charge in [-0.1, -0.05) is 74.3 Å². The standard InChI is InChI=1S/C26H28Cl2N2O3S/c1-18(19-8-10-20(11-9-19)26(2,3)4)29-25(31)17-30(23-7-5-6-22(28)16-23)34(32,33)24-14-12-21(27)13-15-24/h5-16,18H,17H2,1-4H3,(H,29,31)/t18-/m1/s1. The molecule has 3 aromatic carbocycles. The molecule has 1 atom stereocenters. The molecule has 8 heteroatoms. The number of carbonyl (C=O) groups excluding carboxylic acids is 1. The van der Waals surface area contributed by atoms with Crippen molar-refractivity contribution < 1.29 is 13.2 Å². The predicted octanol–water partition coefficient (Wildman–Crippen LogP) is 6.36. The average molecular weight is 519 g/mol. The number of nitrogens with zero attached hydrogens (tertiary/aromatic N) is 1. The third-order valence-electron chi connectivity index (χ3n) is 5.44. The second-order valence-electron chi connectivity index (χ2n) is 9.11. The largest absolute Gasteiger partial charge is 0.348 e. The van der Waals surface area contributed by atoms with E-state index in [1.165, 1.54) is 35.9 Å². The van der Waals surface area contributed by atoms with Crippen molar-refractivity contribution in [2.45, 2.75) is 44.0 Å². The molecule has 0 aliphatic carbocycles. The van der Waals surface area contributed by atoms with E-state index in [-0.39, 0.29) is 16.4 Å². The molecule has 180 valence electrons. The molecule has 0 fully saturated rings. The topological polar surface area (TPSA) is 66.5 Å². The number of rotatable bonds is 7. The number of amides is 1. The first-order valence-electron chi connectivity index (χ1n) is 10.8. The fourth-order valence-electron chi connectivity index (χ4n) is 3.45. The number of hydrogen-bond donors (Lipinski definition) is 1. The third kappa shape index (κ3) is 6.32. The summed E-state index contributed by atoms with van der Waals surface area (Å²) in [5.74, 6) is -0.440. The highest BCUT2D eigenvalue weighted by Gasteiger charge is 2.28. The van der Waals surface area contributed by atoms with Gasteiger partial charge in [-0.2, -0.15) is 0 Å². The van der Waals surface area contributed by atoms with Crippen LogP contribution in [-0.4, -0.2) is 20.9 Å². The van der Waals surface area contributed by atoms with Crippen molar-refractivity contribution >= 4 is 44.8 Å². The lowest BCUT2D eigenvalue weighted by molar-refractivity contribution is -0.120. The molecular weight excluding hydrogens is 491 g/mol. The molecule has 5 nitrogen and oxygen atoms in total. The van der Waals surface area contributed by atoms with Crippen molar-refractivity contribution in [3.63, 3.8) is 0 Å². The minimum absolute atomic E-state index is 0.0236. The smallest absolute Gasteiger partial charge is 0.264 e. The molecule has 0 spiro atoms. The van der Waals surface area contributed by atoms with Crippen LogP contribution in [-0.2, 0) is 20.2 Å². The number of halogens is 2. The highest BCUT2D eigenvalue weighted by molar-refractivity contribution is 7.92. The van der Waals surface area contributed by atoms with E-state index in [0.29, 0.717) is 15.7 Å². The van der Waals surface area contributed by atoms with E-state index in [0.717, 1.165) is 9.87 Å². The van der Waals surface area contributed by atoms with Crippen molar-refractivity contribution in [2.75, 3.05) is 10.8 Å². The van der Waals surface area contributed by atoms with Crippen molar-refractivity contribution in [1.29, 1.82) is 0 Å². The summed E-state index contributed by atoms with van der Waals surface area (Å²) in [6, 6.07) is 19.9. The Kier molecular flexibility index (Phi) is 7.96. The van der Waals surface area contributed by atoms with Gasteiger partial charge in [0.25, 0.3) is 10.0 Å². The molecule has 0 radical (unpaired) electrons. The Balaban J connectivity index is 1.85. The molecule has 0 unspecified atom stereocenters. The van der Waals surface area contributed by atoms with E-state index in [9.17, 15) is 13.2 Å². The Morgan fingerprint density at radius 1 is 0.941 bits per heavy atom. The molecule has 0 aromatic heterocycles. The number of sulfonamides is 1. The van der Waals surface area contributed by atoms with Crippen LogP contribution in [0.3, 0.4) is 0 Å². The van der Waals surface area contributed by atoms with Crippen LogP contribution in [0.1, 0.15) is 44.9 Å². The molecule has 1 N–H and O–H groups in total. The fourth-order valence-corrected chi connectivity index (χ4v) is 5.18. The number of nitrogens with one attached hydrogen (secondary N) is 1. The maximum atomic E-state index is 13.4. The van der Waals surface area contributed by atoms with Crippen LogP contribution in [0.2, 0.25) is 10.0 Å². The van der Waals surface area contributed by atoms with Gasteiger partial charge in [0.05, 0.1) is 16.6 Å². The number of carbonyl (C=O) groups is 1. The lowest BCUT2D eigenvalue weighted by Gasteiger charge is -2.25. The van der Waals surface area contributed by atoms with Gasteiger partial charge in [0.1, 0.15) is 6.54 Å². The SMILES string of the molecule is C[C@@H](NC(=O)CN(c1cccc(Cl)c1)S(=O)(=O)c1ccc(Cl)cc1)c1ccc(C(C)(C)C)cc1. The van der Waals surface area contributed by atoms with Crippen LogP contribution in [0.15, 0.2) is 77.7 Å². The molecule has 1 amide bonds. The minimum Gasteiger partial charge on any atom is -0.348 e. The average Bonchev–Trinajstić information content (AvgIpc) is 2.77. The van der Waals surface area contributed by atoms with Gasteiger partial charge in [-0.15, -0.1) is 0 Å². The minimum atomic E-state index is -4.05. The van der Waals surface area contributed by atoms with Crippen molar-refractivity contribution in [1.82, 2.24) is 5.32 Å². The van der Waals surface area contributed by atoms with Crippen LogP contribution in [0.4, 0.5) is 5.69 Å². The summed E-state index contributed by atoms with van der Waals surface area (Å²) in [7, 11) is -4.05. The highest BCUT2D eigenvalue weighted by Crippen LogP contribution is 2.27. The van der Waals surface area contributed by atoms with Gasteiger partial charge in [-0.3, -0.25) is 9.10 Å². The van der Waals surface area contributed by atoms with E-state index in [1.807, 2.05) is 31.2 Å². The van der Waals surface area contributed by atoms with Crippen LogP contribution in [0, 0.1) is 0 Å². The maximum Gasteiger partial charge on any atom is 0.264 e. The van der Waals surface area contributed by atoms with Gasteiger partial charge in [0.15, 0.2) is 0 Å². The monoisotopic (exact) mass is 518 g/mol. The van der Waals surface area contributed by atoms with Gasteiger partial charge < -0.3 is 5.32 Å². The zero-order valence-corrected chi connectivity index (χ0v) is 21.9. The van der Waals surface area contributed by atoms with Gasteiger partial charge in [0.2, 0.25) is 5.91 Å². The van der Waals surface area contributed by atoms with Crippen LogP contribution < -0.4 is 9.62 Å². The summed E-state index contributed by atoms with van der Waals surface area (Å²) in [4.78, 5) is 13.0. The van der Waals surface area contributed by atoms with Crippen LogP contribution in [0.5, 0.6) is 0 Å². The molecule has 34 heavy (non-hydrogen) atoms. The Morgan fingerprint density at radius 2 is 1.56 bits per heavy atom. The molecule has 0 aliphatic heterocycles. The first kappa shape index (κ1) is 26.1. The van der Waals surface area contributed by atoms with Gasteiger partial charge in [-0.25, -0.2) is 8.42 Å². The molecule has 3 rings (SSSR count). The molecule has 0 heterocycles. The molecule has 3 aromatic rings. The van der Waals surface area contributed by atoms with Crippen LogP contribution in [0.25, 0.3) is 0 Å². The number of benzene rings is 3. The molecule has 0 saturated heterocycles. The summed E-state index contributed by atoms with van der Waals surface area (Å²) in [5, 5.41) is 3.68. The van der Waals surface area contributed by atoms with E-state index >= 15 is 0 Å². The number of anilines is 1. The Labute approximate surface area is 211 Å². The Hall–Kier alpha value is -2.54. The van der Waals surface area contributed by atoms with Gasteiger partial charge in [0, 0.05) is 10.0 Å². The fraction of sp³-hybridized carbons (Fsp3) is 0.269. The normalized spacial score (nSPS) is 12.8. The molecular formula is C26H28Cl2N2O3S. The van der Waals surface area contributed by atoms with E-state index < -0.39 is 22.5 Å². The Morgan fingerprint density at radius 3 is 2.12 bits per heavy atom. The zero-order valence-electron chi connectivity index (χ0n) is 19.5. The van der Waals surface area contributed by atoms with Crippen LogP contribution >= 0.6 is 23.2 Å². The third-order valence-corrected chi connectivity index (χ3v) is 7.71. The second kappa shape index (κ2) is 10.4. The van der Waals surface area contributed by atoms with Crippen molar-refractivity contribution in [3.05, 3.63) is 94.0 Å². The summed E-state index contributed by atoms with van der Waals surface area (Å²) in [6.45, 7) is 7.87. The summed E-state index contributed by atoms with van der Waals surface area (Å²) in [5.41, 5.74) is 2.44.